The number of aromatic nitrogens is 1. The molecule has 0 spiro atoms. The molecule has 1 aromatic rings. The van der Waals surface area contributed by atoms with Crippen LogP contribution in [0.3, 0.4) is 0 Å². The topological polar surface area (TPSA) is 48.7 Å². The van der Waals surface area contributed by atoms with Crippen molar-refractivity contribution in [1.29, 1.82) is 5.26 Å². The van der Waals surface area contributed by atoms with Gasteiger partial charge in [0, 0.05) is 6.20 Å². The van der Waals surface area contributed by atoms with Crippen LogP contribution in [0.1, 0.15) is 26.7 Å². The molecular formula is C13H18ClN3S. The van der Waals surface area contributed by atoms with Crippen molar-refractivity contribution in [3.05, 3.63) is 23.4 Å². The predicted molar refractivity (Wildman–Crippen MR) is 76.9 cm³/mol. The fraction of sp³-hybridized carbons (Fsp3) is 0.538. The Morgan fingerprint density at radius 1 is 1.56 bits per heavy atom. The van der Waals surface area contributed by atoms with Crippen molar-refractivity contribution in [3.63, 3.8) is 0 Å². The van der Waals surface area contributed by atoms with Crippen LogP contribution in [0.2, 0.25) is 5.02 Å². The van der Waals surface area contributed by atoms with Crippen molar-refractivity contribution < 1.29 is 0 Å². The molecule has 0 fully saturated rings. The molecule has 0 aromatic carbocycles. The quantitative estimate of drug-likeness (QED) is 0.615. The van der Waals surface area contributed by atoms with Crippen LogP contribution < -0.4 is 5.32 Å². The van der Waals surface area contributed by atoms with Crippen LogP contribution in [0.4, 0.5) is 0 Å². The van der Waals surface area contributed by atoms with Gasteiger partial charge in [0.15, 0.2) is 0 Å². The Morgan fingerprint density at radius 2 is 2.33 bits per heavy atom. The van der Waals surface area contributed by atoms with Gasteiger partial charge in [0.1, 0.15) is 5.54 Å². The average Bonchev–Trinajstić information content (AvgIpc) is 2.37. The average molecular weight is 284 g/mol. The van der Waals surface area contributed by atoms with Crippen molar-refractivity contribution in [2.45, 2.75) is 37.3 Å². The fourth-order valence-corrected chi connectivity index (χ4v) is 2.53. The molecule has 1 heterocycles. The lowest BCUT2D eigenvalue weighted by Gasteiger charge is -2.22. The SMILES string of the molecule is CCNC(C)(C#N)CCCSc1ccc(Cl)cn1. The van der Waals surface area contributed by atoms with Crippen LogP contribution in [0.15, 0.2) is 23.4 Å². The zero-order chi connectivity index (χ0) is 13.4. The smallest absolute Gasteiger partial charge is 0.103 e. The Bertz CT molecular complexity index is 402. The summed E-state index contributed by atoms with van der Waals surface area (Å²) in [6.45, 7) is 4.78. The predicted octanol–water partition coefficient (Wildman–Crippen LogP) is 3.50. The third-order valence-corrected chi connectivity index (χ3v) is 3.84. The van der Waals surface area contributed by atoms with E-state index in [-0.39, 0.29) is 0 Å². The molecule has 0 bridgehead atoms. The molecule has 18 heavy (non-hydrogen) atoms. The zero-order valence-electron chi connectivity index (χ0n) is 10.7. The van der Waals surface area contributed by atoms with Gasteiger partial charge in [-0.2, -0.15) is 5.26 Å². The summed E-state index contributed by atoms with van der Waals surface area (Å²) in [6.07, 6.45) is 3.48. The van der Waals surface area contributed by atoms with E-state index >= 15 is 0 Å². The molecule has 5 heteroatoms. The third-order valence-electron chi connectivity index (χ3n) is 2.59. The van der Waals surface area contributed by atoms with Crippen molar-refractivity contribution in [3.8, 4) is 6.07 Å². The summed E-state index contributed by atoms with van der Waals surface area (Å²) in [5.41, 5.74) is -0.414. The molecule has 0 aliphatic heterocycles. The lowest BCUT2D eigenvalue weighted by atomic mass is 9.98. The molecule has 1 aromatic heterocycles. The highest BCUT2D eigenvalue weighted by Gasteiger charge is 2.21. The first-order valence-electron chi connectivity index (χ1n) is 6.00. The largest absolute Gasteiger partial charge is 0.300 e. The summed E-state index contributed by atoms with van der Waals surface area (Å²) in [4.78, 5) is 4.22. The van der Waals surface area contributed by atoms with E-state index in [1.165, 1.54) is 0 Å². The minimum Gasteiger partial charge on any atom is -0.300 e. The molecule has 1 N–H and O–H groups in total. The summed E-state index contributed by atoms with van der Waals surface area (Å²) < 4.78 is 0. The molecule has 0 saturated heterocycles. The van der Waals surface area contributed by atoms with Crippen LogP contribution in [0, 0.1) is 11.3 Å². The maximum absolute atomic E-state index is 9.12. The van der Waals surface area contributed by atoms with Gasteiger partial charge in [-0.3, -0.25) is 5.32 Å². The van der Waals surface area contributed by atoms with Gasteiger partial charge in [0.05, 0.1) is 16.1 Å². The van der Waals surface area contributed by atoms with Gasteiger partial charge in [0.2, 0.25) is 0 Å². The Labute approximate surface area is 118 Å². The number of nitriles is 1. The van der Waals surface area contributed by atoms with Crippen molar-refractivity contribution in [2.24, 2.45) is 0 Å². The first-order chi connectivity index (χ1) is 8.59. The number of thioether (sulfide) groups is 1. The number of pyridine rings is 1. The second kappa shape index (κ2) is 7.63. The Morgan fingerprint density at radius 3 is 2.89 bits per heavy atom. The van der Waals surface area contributed by atoms with Crippen molar-refractivity contribution in [1.82, 2.24) is 10.3 Å². The monoisotopic (exact) mass is 283 g/mol. The standard InChI is InChI=1S/C13H18ClN3S/c1-3-17-13(2,10-15)7-4-8-18-12-6-5-11(14)9-16-12/h5-6,9,17H,3-4,7-8H2,1-2H3. The van der Waals surface area contributed by atoms with Crippen LogP contribution >= 0.6 is 23.4 Å². The zero-order valence-corrected chi connectivity index (χ0v) is 12.3. The third kappa shape index (κ3) is 5.26. The van der Waals surface area contributed by atoms with Crippen LogP contribution in [-0.2, 0) is 0 Å². The Balaban J connectivity index is 2.30. The molecule has 0 radical (unpaired) electrons. The lowest BCUT2D eigenvalue weighted by molar-refractivity contribution is 0.426. The second-order valence-electron chi connectivity index (χ2n) is 4.24. The molecule has 0 aliphatic rings. The maximum atomic E-state index is 9.12. The highest BCUT2D eigenvalue weighted by atomic mass is 35.5. The molecular weight excluding hydrogens is 266 g/mol. The molecule has 0 aliphatic carbocycles. The lowest BCUT2D eigenvalue weighted by Crippen LogP contribution is -2.40. The summed E-state index contributed by atoms with van der Waals surface area (Å²) in [5.74, 6) is 0.956. The van der Waals surface area contributed by atoms with Crippen LogP contribution in [0.25, 0.3) is 0 Å². The van der Waals surface area contributed by atoms with Crippen molar-refractivity contribution >= 4 is 23.4 Å². The van der Waals surface area contributed by atoms with Gasteiger partial charge >= 0.3 is 0 Å². The summed E-state index contributed by atoms with van der Waals surface area (Å²) >= 11 is 7.46. The van der Waals surface area contributed by atoms with Gasteiger partial charge in [-0.1, -0.05) is 18.5 Å². The Kier molecular flexibility index (Phi) is 6.48. The number of halogens is 1. The molecule has 1 rings (SSSR count). The minimum atomic E-state index is -0.414. The Hall–Kier alpha value is -0.760. The van der Waals surface area contributed by atoms with Crippen molar-refractivity contribution in [2.75, 3.05) is 12.3 Å². The van der Waals surface area contributed by atoms with Crippen LogP contribution in [-0.4, -0.2) is 22.8 Å². The number of hydrogen-bond donors (Lipinski definition) is 1. The van der Waals surface area contributed by atoms with E-state index in [1.54, 1.807) is 18.0 Å². The molecule has 0 saturated carbocycles. The summed E-state index contributed by atoms with van der Waals surface area (Å²) in [5, 5.41) is 14.0. The molecule has 1 atom stereocenters. The maximum Gasteiger partial charge on any atom is 0.103 e. The van der Waals surface area contributed by atoms with E-state index in [4.69, 9.17) is 16.9 Å². The van der Waals surface area contributed by atoms with E-state index in [0.717, 1.165) is 30.2 Å². The molecule has 1 unspecified atom stereocenters. The van der Waals surface area contributed by atoms with E-state index in [9.17, 15) is 0 Å². The number of nitrogens with zero attached hydrogens (tertiary/aromatic N) is 2. The highest BCUT2D eigenvalue weighted by Crippen LogP contribution is 2.20. The highest BCUT2D eigenvalue weighted by molar-refractivity contribution is 7.99. The minimum absolute atomic E-state index is 0.414. The van der Waals surface area contributed by atoms with Gasteiger partial charge < -0.3 is 0 Å². The molecule has 98 valence electrons. The molecule has 0 amide bonds. The van der Waals surface area contributed by atoms with E-state index < -0.39 is 5.54 Å². The van der Waals surface area contributed by atoms with E-state index in [0.29, 0.717) is 5.02 Å². The number of nitrogens with one attached hydrogen (secondary N) is 1. The first-order valence-corrected chi connectivity index (χ1v) is 7.36. The van der Waals surface area contributed by atoms with Gasteiger partial charge in [-0.25, -0.2) is 4.98 Å². The molecule has 3 nitrogen and oxygen atoms in total. The van der Waals surface area contributed by atoms with Gasteiger partial charge in [-0.05, 0) is 44.2 Å². The van der Waals surface area contributed by atoms with Crippen LogP contribution in [0.5, 0.6) is 0 Å². The summed E-state index contributed by atoms with van der Waals surface area (Å²) in [6, 6.07) is 6.09. The van der Waals surface area contributed by atoms with Gasteiger partial charge in [-0.15, -0.1) is 11.8 Å². The second-order valence-corrected chi connectivity index (χ2v) is 5.79. The van der Waals surface area contributed by atoms with E-state index in [2.05, 4.69) is 16.4 Å². The van der Waals surface area contributed by atoms with E-state index in [1.807, 2.05) is 26.0 Å². The first kappa shape index (κ1) is 15.3. The normalized spacial score (nSPS) is 13.9. The van der Waals surface area contributed by atoms with Gasteiger partial charge in [0.25, 0.3) is 0 Å². The number of rotatable bonds is 7. The number of hydrogen-bond acceptors (Lipinski definition) is 4. The summed E-state index contributed by atoms with van der Waals surface area (Å²) in [7, 11) is 0. The fourth-order valence-electron chi connectivity index (χ4n) is 1.62.